The van der Waals surface area contributed by atoms with Gasteiger partial charge < -0.3 is 5.11 Å². The van der Waals surface area contributed by atoms with Gasteiger partial charge in [-0.25, -0.2) is 0 Å². The van der Waals surface area contributed by atoms with Crippen LogP contribution < -0.4 is 0 Å². The molecule has 3 fully saturated rings. The van der Waals surface area contributed by atoms with Crippen molar-refractivity contribution < 1.29 is 5.11 Å². The second kappa shape index (κ2) is 2.85. The van der Waals surface area contributed by atoms with E-state index in [1.165, 1.54) is 25.7 Å². The van der Waals surface area contributed by atoms with Gasteiger partial charge in [0, 0.05) is 0 Å². The molecule has 0 aromatic carbocycles. The molecular formula is C15H26O. The molecule has 0 aliphatic heterocycles. The van der Waals surface area contributed by atoms with E-state index >= 15 is 0 Å². The third-order valence-electron chi connectivity index (χ3n) is 6.25. The Morgan fingerprint density at radius 3 is 2.44 bits per heavy atom. The van der Waals surface area contributed by atoms with E-state index < -0.39 is 0 Å². The van der Waals surface area contributed by atoms with Gasteiger partial charge in [-0.15, -0.1) is 0 Å². The van der Waals surface area contributed by atoms with Crippen LogP contribution in [0.15, 0.2) is 0 Å². The summed E-state index contributed by atoms with van der Waals surface area (Å²) in [5.74, 6) is 2.07. The maximum Gasteiger partial charge on any atom is 0.0734 e. The van der Waals surface area contributed by atoms with Crippen LogP contribution in [0.5, 0.6) is 0 Å². The van der Waals surface area contributed by atoms with Crippen molar-refractivity contribution >= 4 is 0 Å². The zero-order valence-corrected chi connectivity index (χ0v) is 11.2. The standard InChI is InChI=1S/C15H26O/c1-10-5-6-15(16)12(10)9-13(2,3)7-11-8-14(11,15)4/h10-12,16H,5-9H2,1-4H3/t10-,11-,12+,14-,15+/m1/s1. The van der Waals surface area contributed by atoms with E-state index in [0.717, 1.165) is 18.3 Å². The van der Waals surface area contributed by atoms with Gasteiger partial charge in [0.1, 0.15) is 0 Å². The molecule has 16 heavy (non-hydrogen) atoms. The molecule has 1 N–H and O–H groups in total. The van der Waals surface area contributed by atoms with Crippen LogP contribution in [0.3, 0.4) is 0 Å². The molecule has 0 spiro atoms. The lowest BCUT2D eigenvalue weighted by Gasteiger charge is -2.39. The highest BCUT2D eigenvalue weighted by molar-refractivity contribution is 5.19. The van der Waals surface area contributed by atoms with E-state index in [1.54, 1.807) is 0 Å². The Balaban J connectivity index is 2.01. The Kier molecular flexibility index (Phi) is 1.98. The zero-order chi connectivity index (χ0) is 11.8. The number of fused-ring (bicyclic) bond motifs is 3. The van der Waals surface area contributed by atoms with Gasteiger partial charge in [0.15, 0.2) is 0 Å². The molecule has 3 aliphatic rings. The summed E-state index contributed by atoms with van der Waals surface area (Å²) >= 11 is 0. The molecule has 3 saturated carbocycles. The zero-order valence-electron chi connectivity index (χ0n) is 11.2. The molecule has 0 bridgehead atoms. The van der Waals surface area contributed by atoms with E-state index in [0.29, 0.717) is 11.3 Å². The lowest BCUT2D eigenvalue weighted by atomic mass is 9.71. The van der Waals surface area contributed by atoms with Crippen molar-refractivity contribution in [2.75, 3.05) is 0 Å². The van der Waals surface area contributed by atoms with Crippen LogP contribution in [0.4, 0.5) is 0 Å². The Morgan fingerprint density at radius 2 is 1.75 bits per heavy atom. The van der Waals surface area contributed by atoms with Crippen molar-refractivity contribution in [3.05, 3.63) is 0 Å². The Morgan fingerprint density at radius 1 is 1.06 bits per heavy atom. The molecule has 0 radical (unpaired) electrons. The predicted octanol–water partition coefficient (Wildman–Crippen LogP) is 3.61. The first kappa shape index (κ1) is 11.1. The fourth-order valence-corrected chi connectivity index (χ4v) is 5.01. The van der Waals surface area contributed by atoms with Crippen LogP contribution in [-0.4, -0.2) is 10.7 Å². The molecule has 3 rings (SSSR count). The van der Waals surface area contributed by atoms with Crippen LogP contribution in [-0.2, 0) is 0 Å². The maximum atomic E-state index is 11.2. The molecule has 0 aromatic heterocycles. The third-order valence-corrected chi connectivity index (χ3v) is 6.25. The molecule has 1 nitrogen and oxygen atoms in total. The normalized spacial score (nSPS) is 58.7. The lowest BCUT2D eigenvalue weighted by Crippen LogP contribution is -2.43. The van der Waals surface area contributed by atoms with E-state index in [-0.39, 0.29) is 11.0 Å². The topological polar surface area (TPSA) is 20.2 Å². The second-order valence-corrected chi connectivity index (χ2v) is 7.94. The van der Waals surface area contributed by atoms with E-state index in [2.05, 4.69) is 27.7 Å². The SMILES string of the molecule is C[C@@H]1CC[C@]2(O)[C@H]1CC(C)(C)C[C@@H]1C[C@]12C. The minimum atomic E-state index is -0.329. The molecule has 0 unspecified atom stereocenters. The molecule has 3 aliphatic carbocycles. The molecule has 92 valence electrons. The third kappa shape index (κ3) is 1.21. The van der Waals surface area contributed by atoms with Crippen molar-refractivity contribution in [1.29, 1.82) is 0 Å². The van der Waals surface area contributed by atoms with Crippen molar-refractivity contribution in [3.8, 4) is 0 Å². The van der Waals surface area contributed by atoms with Crippen molar-refractivity contribution in [2.45, 2.75) is 65.4 Å². The smallest absolute Gasteiger partial charge is 0.0734 e. The summed E-state index contributed by atoms with van der Waals surface area (Å²) in [6.45, 7) is 9.51. The van der Waals surface area contributed by atoms with Crippen LogP contribution in [0.2, 0.25) is 0 Å². The first-order valence-electron chi connectivity index (χ1n) is 7.01. The Labute approximate surface area is 99.6 Å². The molecule has 0 amide bonds. The van der Waals surface area contributed by atoms with Crippen molar-refractivity contribution in [3.63, 3.8) is 0 Å². The first-order chi connectivity index (χ1) is 7.29. The summed E-state index contributed by atoms with van der Waals surface area (Å²) in [6.07, 6.45) is 6.13. The van der Waals surface area contributed by atoms with Gasteiger partial charge in [-0.1, -0.05) is 27.7 Å². The van der Waals surface area contributed by atoms with Crippen LogP contribution in [0.25, 0.3) is 0 Å². The molecule has 0 heterocycles. The summed E-state index contributed by atoms with van der Waals surface area (Å²) < 4.78 is 0. The average Bonchev–Trinajstić information content (AvgIpc) is 2.73. The number of hydrogen-bond acceptors (Lipinski definition) is 1. The molecule has 0 aromatic rings. The van der Waals surface area contributed by atoms with Crippen LogP contribution in [0, 0.1) is 28.6 Å². The quantitative estimate of drug-likeness (QED) is 0.664. The fraction of sp³-hybridized carbons (Fsp3) is 1.00. The highest BCUT2D eigenvalue weighted by Crippen LogP contribution is 2.71. The Bertz CT molecular complexity index is 321. The lowest BCUT2D eigenvalue weighted by molar-refractivity contribution is -0.0717. The van der Waals surface area contributed by atoms with E-state index in [1.807, 2.05) is 0 Å². The Hall–Kier alpha value is -0.0400. The van der Waals surface area contributed by atoms with Gasteiger partial charge in [-0.05, 0) is 60.7 Å². The van der Waals surface area contributed by atoms with E-state index in [9.17, 15) is 5.11 Å². The highest BCUT2D eigenvalue weighted by atomic mass is 16.3. The summed E-state index contributed by atoms with van der Waals surface area (Å²) in [5, 5.41) is 11.2. The van der Waals surface area contributed by atoms with Gasteiger partial charge >= 0.3 is 0 Å². The summed E-state index contributed by atoms with van der Waals surface area (Å²) in [5.41, 5.74) is 0.372. The molecule has 5 atom stereocenters. The summed E-state index contributed by atoms with van der Waals surface area (Å²) in [7, 11) is 0. The summed E-state index contributed by atoms with van der Waals surface area (Å²) in [6, 6.07) is 0. The number of rotatable bonds is 0. The van der Waals surface area contributed by atoms with Crippen molar-refractivity contribution in [2.24, 2.45) is 28.6 Å². The van der Waals surface area contributed by atoms with E-state index in [4.69, 9.17) is 0 Å². The fourth-order valence-electron chi connectivity index (χ4n) is 5.01. The minimum Gasteiger partial charge on any atom is -0.389 e. The number of aliphatic hydroxyl groups is 1. The maximum absolute atomic E-state index is 11.2. The van der Waals surface area contributed by atoms with Crippen LogP contribution in [0.1, 0.15) is 59.8 Å². The predicted molar refractivity (Wildman–Crippen MR) is 66.1 cm³/mol. The molecular weight excluding hydrogens is 196 g/mol. The second-order valence-electron chi connectivity index (χ2n) is 7.94. The molecule has 1 heteroatoms. The summed E-state index contributed by atoms with van der Waals surface area (Å²) in [4.78, 5) is 0. The largest absolute Gasteiger partial charge is 0.389 e. The van der Waals surface area contributed by atoms with Gasteiger partial charge in [0.2, 0.25) is 0 Å². The first-order valence-corrected chi connectivity index (χ1v) is 7.01. The van der Waals surface area contributed by atoms with Gasteiger partial charge in [0.25, 0.3) is 0 Å². The monoisotopic (exact) mass is 222 g/mol. The van der Waals surface area contributed by atoms with Gasteiger partial charge in [0.05, 0.1) is 5.60 Å². The molecule has 0 saturated heterocycles. The van der Waals surface area contributed by atoms with Gasteiger partial charge in [-0.3, -0.25) is 0 Å². The van der Waals surface area contributed by atoms with Crippen molar-refractivity contribution in [1.82, 2.24) is 0 Å². The van der Waals surface area contributed by atoms with Crippen LogP contribution >= 0.6 is 0 Å². The highest BCUT2D eigenvalue weighted by Gasteiger charge is 2.69. The van der Waals surface area contributed by atoms with Gasteiger partial charge in [-0.2, -0.15) is 0 Å². The minimum absolute atomic E-state index is 0.260. The number of hydrogen-bond donors (Lipinski definition) is 1. The average molecular weight is 222 g/mol.